The molecule has 0 saturated heterocycles. The van der Waals surface area contributed by atoms with Gasteiger partial charge in [-0.05, 0) is 12.0 Å². The molecule has 0 saturated carbocycles. The molecular weight excluding hydrogens is 160 g/mol. The Labute approximate surface area is 79.0 Å². The lowest BCUT2D eigenvalue weighted by atomic mass is 10.2. The van der Waals surface area contributed by atoms with Crippen LogP contribution in [0.15, 0.2) is 48.6 Å². The van der Waals surface area contributed by atoms with E-state index in [2.05, 4.69) is 24.3 Å². The number of benzene rings is 1. The van der Waals surface area contributed by atoms with Crippen LogP contribution in [-0.4, -0.2) is 11.7 Å². The molecule has 1 nitrogen and oxygen atoms in total. The quantitative estimate of drug-likeness (QED) is 0.696. The van der Waals surface area contributed by atoms with E-state index in [-0.39, 0.29) is 6.61 Å². The summed E-state index contributed by atoms with van der Waals surface area (Å²) in [6.07, 6.45) is 8.70. The predicted molar refractivity (Wildman–Crippen MR) is 56.3 cm³/mol. The molecule has 0 aliphatic heterocycles. The summed E-state index contributed by atoms with van der Waals surface area (Å²) in [7, 11) is 0. The Kier molecular flexibility index (Phi) is 4.65. The van der Waals surface area contributed by atoms with Gasteiger partial charge in [-0.15, -0.1) is 0 Å². The lowest BCUT2D eigenvalue weighted by molar-refractivity contribution is 0.342. The van der Waals surface area contributed by atoms with Crippen molar-refractivity contribution < 1.29 is 5.11 Å². The van der Waals surface area contributed by atoms with Crippen molar-refractivity contribution in [3.63, 3.8) is 0 Å². The van der Waals surface area contributed by atoms with E-state index in [0.717, 1.165) is 6.42 Å². The third kappa shape index (κ3) is 4.28. The first-order valence-corrected chi connectivity index (χ1v) is 4.41. The van der Waals surface area contributed by atoms with Crippen LogP contribution in [-0.2, 0) is 0 Å². The first-order valence-electron chi connectivity index (χ1n) is 4.41. The normalized spacial score (nSPS) is 11.5. The fourth-order valence-corrected chi connectivity index (χ4v) is 1.02. The average molecular weight is 174 g/mol. The molecule has 1 N–H and O–H groups in total. The van der Waals surface area contributed by atoms with Gasteiger partial charge in [-0.3, -0.25) is 0 Å². The van der Waals surface area contributed by atoms with Gasteiger partial charge >= 0.3 is 0 Å². The minimum absolute atomic E-state index is 0.124. The van der Waals surface area contributed by atoms with Crippen LogP contribution in [0, 0.1) is 0 Å². The van der Waals surface area contributed by atoms with Crippen LogP contribution in [0.1, 0.15) is 12.0 Å². The Morgan fingerprint density at radius 3 is 2.46 bits per heavy atom. The fraction of sp³-hybridized carbons (Fsp3) is 0.167. The van der Waals surface area contributed by atoms with Crippen LogP contribution in [0.25, 0.3) is 6.08 Å². The van der Waals surface area contributed by atoms with Crippen molar-refractivity contribution in [3.05, 3.63) is 54.1 Å². The van der Waals surface area contributed by atoms with E-state index in [0.29, 0.717) is 0 Å². The molecule has 1 aromatic rings. The maximum Gasteiger partial charge on any atom is 0.0612 e. The summed E-state index contributed by atoms with van der Waals surface area (Å²) in [5.74, 6) is 0. The van der Waals surface area contributed by atoms with Crippen LogP contribution >= 0.6 is 0 Å². The van der Waals surface area contributed by atoms with Gasteiger partial charge in [-0.25, -0.2) is 0 Å². The third-order valence-corrected chi connectivity index (χ3v) is 1.65. The summed E-state index contributed by atoms with van der Waals surface area (Å²) < 4.78 is 0. The van der Waals surface area contributed by atoms with E-state index in [1.165, 1.54) is 5.56 Å². The minimum Gasteiger partial charge on any atom is -0.392 e. The van der Waals surface area contributed by atoms with E-state index in [1.807, 2.05) is 24.3 Å². The summed E-state index contributed by atoms with van der Waals surface area (Å²) in [5, 5.41) is 8.47. The van der Waals surface area contributed by atoms with Crippen molar-refractivity contribution in [3.8, 4) is 0 Å². The SMILES string of the molecule is OC/C=C/C/C=C/c1ccccc1. The summed E-state index contributed by atoms with van der Waals surface area (Å²) in [5.41, 5.74) is 1.21. The molecule has 13 heavy (non-hydrogen) atoms. The molecule has 68 valence electrons. The predicted octanol–water partition coefficient (Wildman–Crippen LogP) is 2.64. The standard InChI is InChI=1S/C12H14O/c13-11-7-2-1-4-8-12-9-5-3-6-10-12/h2-10,13H,1,11H2/b7-2+,8-4+. The fourth-order valence-electron chi connectivity index (χ4n) is 1.02. The molecule has 0 radical (unpaired) electrons. The van der Waals surface area contributed by atoms with Gasteiger partial charge in [0.2, 0.25) is 0 Å². The number of hydrogen-bond donors (Lipinski definition) is 1. The highest BCUT2D eigenvalue weighted by atomic mass is 16.2. The van der Waals surface area contributed by atoms with Gasteiger partial charge in [0.25, 0.3) is 0 Å². The maximum atomic E-state index is 8.47. The highest BCUT2D eigenvalue weighted by Gasteiger charge is 1.80. The molecule has 0 unspecified atom stereocenters. The van der Waals surface area contributed by atoms with Crippen molar-refractivity contribution in [2.45, 2.75) is 6.42 Å². The number of allylic oxidation sites excluding steroid dienone is 2. The van der Waals surface area contributed by atoms with Crippen LogP contribution in [0.3, 0.4) is 0 Å². The second-order valence-corrected chi connectivity index (χ2v) is 2.70. The van der Waals surface area contributed by atoms with Crippen molar-refractivity contribution in [1.29, 1.82) is 0 Å². The number of rotatable bonds is 4. The lowest BCUT2D eigenvalue weighted by Gasteiger charge is -1.89. The molecule has 0 aliphatic carbocycles. The van der Waals surface area contributed by atoms with E-state index in [4.69, 9.17) is 5.11 Å². The van der Waals surface area contributed by atoms with Crippen LogP contribution in [0.4, 0.5) is 0 Å². The van der Waals surface area contributed by atoms with Crippen molar-refractivity contribution in [2.75, 3.05) is 6.61 Å². The molecule has 1 aromatic carbocycles. The van der Waals surface area contributed by atoms with Crippen LogP contribution in [0.5, 0.6) is 0 Å². The number of hydrogen-bond acceptors (Lipinski definition) is 1. The van der Waals surface area contributed by atoms with Crippen molar-refractivity contribution >= 4 is 6.08 Å². The maximum absolute atomic E-state index is 8.47. The molecule has 0 aliphatic rings. The van der Waals surface area contributed by atoms with Gasteiger partial charge in [0.1, 0.15) is 0 Å². The Bertz CT molecular complexity index is 272. The third-order valence-electron chi connectivity index (χ3n) is 1.65. The van der Waals surface area contributed by atoms with E-state index in [1.54, 1.807) is 6.08 Å². The Morgan fingerprint density at radius 1 is 1.00 bits per heavy atom. The topological polar surface area (TPSA) is 20.2 Å². The molecule has 1 rings (SSSR count). The van der Waals surface area contributed by atoms with Crippen LogP contribution in [0.2, 0.25) is 0 Å². The first-order chi connectivity index (χ1) is 6.43. The largest absolute Gasteiger partial charge is 0.392 e. The molecule has 0 atom stereocenters. The summed E-state index contributed by atoms with van der Waals surface area (Å²) in [6.45, 7) is 0.124. The molecule has 0 fully saturated rings. The molecule has 1 heteroatoms. The summed E-state index contributed by atoms with van der Waals surface area (Å²) in [4.78, 5) is 0. The molecule has 0 amide bonds. The summed E-state index contributed by atoms with van der Waals surface area (Å²) in [6, 6.07) is 10.2. The monoisotopic (exact) mass is 174 g/mol. The number of aliphatic hydroxyl groups is 1. The zero-order valence-corrected chi connectivity index (χ0v) is 7.56. The lowest BCUT2D eigenvalue weighted by Crippen LogP contribution is -1.70. The second kappa shape index (κ2) is 6.21. The van der Waals surface area contributed by atoms with Gasteiger partial charge in [-0.2, -0.15) is 0 Å². The van der Waals surface area contributed by atoms with Gasteiger partial charge in [-0.1, -0.05) is 54.6 Å². The number of aliphatic hydroxyl groups excluding tert-OH is 1. The Hall–Kier alpha value is -1.34. The molecular formula is C12H14O. The molecule has 0 spiro atoms. The van der Waals surface area contributed by atoms with Gasteiger partial charge < -0.3 is 5.11 Å². The molecule has 0 aromatic heterocycles. The Balaban J connectivity index is 2.37. The molecule has 0 bridgehead atoms. The van der Waals surface area contributed by atoms with E-state index < -0.39 is 0 Å². The highest BCUT2D eigenvalue weighted by molar-refractivity contribution is 5.48. The van der Waals surface area contributed by atoms with Gasteiger partial charge in [0.05, 0.1) is 6.61 Å². The van der Waals surface area contributed by atoms with Gasteiger partial charge in [0, 0.05) is 0 Å². The zero-order valence-electron chi connectivity index (χ0n) is 7.56. The van der Waals surface area contributed by atoms with Crippen molar-refractivity contribution in [2.24, 2.45) is 0 Å². The average Bonchev–Trinajstić information content (AvgIpc) is 2.19. The Morgan fingerprint density at radius 2 is 1.77 bits per heavy atom. The molecule has 0 heterocycles. The first kappa shape index (κ1) is 9.75. The summed E-state index contributed by atoms with van der Waals surface area (Å²) >= 11 is 0. The highest BCUT2D eigenvalue weighted by Crippen LogP contribution is 2.01. The van der Waals surface area contributed by atoms with Gasteiger partial charge in [0.15, 0.2) is 0 Å². The zero-order chi connectivity index (χ0) is 9.36. The van der Waals surface area contributed by atoms with Crippen LogP contribution < -0.4 is 0 Å². The smallest absolute Gasteiger partial charge is 0.0612 e. The van der Waals surface area contributed by atoms with E-state index >= 15 is 0 Å². The van der Waals surface area contributed by atoms with E-state index in [9.17, 15) is 0 Å². The van der Waals surface area contributed by atoms with Crippen molar-refractivity contribution in [1.82, 2.24) is 0 Å². The second-order valence-electron chi connectivity index (χ2n) is 2.70. The minimum atomic E-state index is 0.124.